The molecule has 1 aromatic carbocycles. The van der Waals surface area contributed by atoms with Gasteiger partial charge in [0.15, 0.2) is 0 Å². The highest BCUT2D eigenvalue weighted by molar-refractivity contribution is 5.85. The Bertz CT molecular complexity index is 490. The first-order valence-electron chi connectivity index (χ1n) is 6.29. The molecule has 4 nitrogen and oxygen atoms in total. The van der Waals surface area contributed by atoms with Gasteiger partial charge in [-0.25, -0.2) is 0 Å². The summed E-state index contributed by atoms with van der Waals surface area (Å²) in [6.07, 6.45) is 4.49. The van der Waals surface area contributed by atoms with Gasteiger partial charge in [0, 0.05) is 17.6 Å². The molecule has 1 saturated heterocycles. The average Bonchev–Trinajstić information content (AvgIpc) is 2.85. The zero-order valence-electron chi connectivity index (χ0n) is 10.3. The van der Waals surface area contributed by atoms with Gasteiger partial charge in [0.05, 0.1) is 11.7 Å². The fraction of sp³-hybridized carbons (Fsp3) is 0.462. The van der Waals surface area contributed by atoms with E-state index in [0.717, 1.165) is 29.9 Å². The lowest BCUT2D eigenvalue weighted by Gasteiger charge is -2.23. The van der Waals surface area contributed by atoms with Crippen molar-refractivity contribution in [2.45, 2.75) is 12.8 Å². The van der Waals surface area contributed by atoms with Crippen LogP contribution in [-0.2, 0) is 0 Å². The lowest BCUT2D eigenvalue weighted by molar-refractivity contribution is 0.393. The van der Waals surface area contributed by atoms with Gasteiger partial charge in [-0.2, -0.15) is 5.10 Å². The van der Waals surface area contributed by atoms with Crippen LogP contribution in [0.5, 0.6) is 0 Å². The molecule has 1 aromatic heterocycles. The van der Waals surface area contributed by atoms with Crippen molar-refractivity contribution in [3.63, 3.8) is 0 Å². The van der Waals surface area contributed by atoms with Crippen molar-refractivity contribution in [1.82, 2.24) is 15.5 Å². The Balaban J connectivity index is 0.00000120. The van der Waals surface area contributed by atoms with E-state index in [-0.39, 0.29) is 12.4 Å². The van der Waals surface area contributed by atoms with Gasteiger partial charge in [-0.05, 0) is 50.0 Å². The van der Waals surface area contributed by atoms with Crippen LogP contribution in [0.25, 0.3) is 10.9 Å². The predicted molar refractivity (Wildman–Crippen MR) is 77.4 cm³/mol. The highest BCUT2D eigenvalue weighted by atomic mass is 35.5. The van der Waals surface area contributed by atoms with Crippen molar-refractivity contribution >= 4 is 29.0 Å². The van der Waals surface area contributed by atoms with Crippen molar-refractivity contribution in [2.75, 3.05) is 25.0 Å². The first-order valence-corrected chi connectivity index (χ1v) is 6.29. The zero-order chi connectivity index (χ0) is 11.5. The van der Waals surface area contributed by atoms with Crippen LogP contribution in [0.4, 0.5) is 5.69 Å². The second-order valence-electron chi connectivity index (χ2n) is 4.77. The second-order valence-corrected chi connectivity index (χ2v) is 4.77. The fourth-order valence-electron chi connectivity index (χ4n) is 2.41. The molecule has 3 N–H and O–H groups in total. The number of nitrogens with one attached hydrogen (secondary N) is 3. The summed E-state index contributed by atoms with van der Waals surface area (Å²) in [6, 6.07) is 6.33. The lowest BCUT2D eigenvalue weighted by Crippen LogP contribution is -2.33. The molecular formula is C13H19ClN4. The largest absolute Gasteiger partial charge is 0.385 e. The highest BCUT2D eigenvalue weighted by Crippen LogP contribution is 2.18. The number of hydrogen-bond donors (Lipinski definition) is 3. The number of aromatic amines is 1. The van der Waals surface area contributed by atoms with Crippen molar-refractivity contribution in [3.8, 4) is 0 Å². The standard InChI is InChI=1S/C13H18N4.ClH/c1-2-10(7-14-5-1)8-15-12-3-4-13-11(6-12)9-16-17-13;/h3-4,6,9-10,14-15H,1-2,5,7-8H2,(H,16,17);1H. The predicted octanol–water partition coefficient (Wildman–Crippen LogP) is 2.40. The lowest BCUT2D eigenvalue weighted by atomic mass is 10.00. The molecule has 0 radical (unpaired) electrons. The summed E-state index contributed by atoms with van der Waals surface area (Å²) in [5.74, 6) is 0.754. The second kappa shape index (κ2) is 6.07. The third-order valence-electron chi connectivity index (χ3n) is 3.43. The molecule has 2 aromatic rings. The molecule has 1 atom stereocenters. The number of benzene rings is 1. The van der Waals surface area contributed by atoms with Crippen LogP contribution in [0.15, 0.2) is 24.4 Å². The van der Waals surface area contributed by atoms with Gasteiger partial charge in [0.25, 0.3) is 0 Å². The van der Waals surface area contributed by atoms with Crippen LogP contribution in [0.2, 0.25) is 0 Å². The van der Waals surface area contributed by atoms with Crippen LogP contribution in [0, 0.1) is 5.92 Å². The smallest absolute Gasteiger partial charge is 0.0651 e. The molecule has 0 spiro atoms. The normalized spacial score (nSPS) is 19.4. The molecular weight excluding hydrogens is 248 g/mol. The molecule has 0 amide bonds. The topological polar surface area (TPSA) is 52.7 Å². The summed E-state index contributed by atoms with van der Waals surface area (Å²) >= 11 is 0. The van der Waals surface area contributed by atoms with E-state index in [1.165, 1.54) is 25.1 Å². The molecule has 3 rings (SSSR count). The molecule has 98 valence electrons. The number of piperidine rings is 1. The number of nitrogens with zero attached hydrogens (tertiary/aromatic N) is 1. The molecule has 1 fully saturated rings. The van der Waals surface area contributed by atoms with Crippen molar-refractivity contribution in [3.05, 3.63) is 24.4 Å². The number of anilines is 1. The monoisotopic (exact) mass is 266 g/mol. The van der Waals surface area contributed by atoms with Crippen molar-refractivity contribution in [2.24, 2.45) is 5.92 Å². The van der Waals surface area contributed by atoms with E-state index in [4.69, 9.17) is 0 Å². The first kappa shape index (κ1) is 13.2. The fourth-order valence-corrected chi connectivity index (χ4v) is 2.41. The Morgan fingerprint density at radius 1 is 1.39 bits per heavy atom. The molecule has 1 aliphatic rings. The third-order valence-corrected chi connectivity index (χ3v) is 3.43. The van der Waals surface area contributed by atoms with Crippen molar-refractivity contribution < 1.29 is 0 Å². The molecule has 1 aliphatic heterocycles. The molecule has 0 saturated carbocycles. The van der Waals surface area contributed by atoms with Gasteiger partial charge in [0.2, 0.25) is 0 Å². The quantitative estimate of drug-likeness (QED) is 0.800. The number of aromatic nitrogens is 2. The molecule has 2 heterocycles. The summed E-state index contributed by atoms with van der Waals surface area (Å²) < 4.78 is 0. The minimum absolute atomic E-state index is 0. The third kappa shape index (κ3) is 2.94. The van der Waals surface area contributed by atoms with Crippen LogP contribution in [-0.4, -0.2) is 29.8 Å². The van der Waals surface area contributed by atoms with E-state index >= 15 is 0 Å². The van der Waals surface area contributed by atoms with E-state index < -0.39 is 0 Å². The van der Waals surface area contributed by atoms with Gasteiger partial charge in [-0.3, -0.25) is 5.10 Å². The number of halogens is 1. The van der Waals surface area contributed by atoms with E-state index in [0.29, 0.717) is 0 Å². The van der Waals surface area contributed by atoms with Crippen LogP contribution in [0.3, 0.4) is 0 Å². The number of rotatable bonds is 3. The molecule has 0 aliphatic carbocycles. The average molecular weight is 267 g/mol. The summed E-state index contributed by atoms with van der Waals surface area (Å²) in [4.78, 5) is 0. The van der Waals surface area contributed by atoms with Crippen LogP contribution >= 0.6 is 12.4 Å². The minimum atomic E-state index is 0. The molecule has 1 unspecified atom stereocenters. The van der Waals surface area contributed by atoms with Gasteiger partial charge in [0.1, 0.15) is 0 Å². The molecule has 5 heteroatoms. The van der Waals surface area contributed by atoms with E-state index in [2.05, 4.69) is 39.0 Å². The highest BCUT2D eigenvalue weighted by Gasteiger charge is 2.12. The van der Waals surface area contributed by atoms with Crippen LogP contribution < -0.4 is 10.6 Å². The van der Waals surface area contributed by atoms with Gasteiger partial charge in [-0.15, -0.1) is 12.4 Å². The van der Waals surface area contributed by atoms with E-state index in [1.807, 2.05) is 6.20 Å². The summed E-state index contributed by atoms with van der Waals surface area (Å²) in [5, 5.41) is 15.1. The Labute approximate surface area is 113 Å². The van der Waals surface area contributed by atoms with Crippen molar-refractivity contribution in [1.29, 1.82) is 0 Å². The van der Waals surface area contributed by atoms with Gasteiger partial charge >= 0.3 is 0 Å². The number of fused-ring (bicyclic) bond motifs is 1. The first-order chi connectivity index (χ1) is 8.42. The summed E-state index contributed by atoms with van der Waals surface area (Å²) in [5.41, 5.74) is 2.28. The SMILES string of the molecule is Cl.c1cc2[nH]ncc2cc1NCC1CCCNC1. The Morgan fingerprint density at radius 2 is 2.33 bits per heavy atom. The summed E-state index contributed by atoms with van der Waals surface area (Å²) in [6.45, 7) is 3.37. The van der Waals surface area contributed by atoms with E-state index in [9.17, 15) is 0 Å². The van der Waals surface area contributed by atoms with E-state index in [1.54, 1.807) is 0 Å². The van der Waals surface area contributed by atoms with Crippen LogP contribution in [0.1, 0.15) is 12.8 Å². The van der Waals surface area contributed by atoms with Gasteiger partial charge in [-0.1, -0.05) is 0 Å². The number of H-pyrrole nitrogens is 1. The minimum Gasteiger partial charge on any atom is -0.385 e. The Morgan fingerprint density at radius 3 is 3.17 bits per heavy atom. The summed E-state index contributed by atoms with van der Waals surface area (Å²) in [7, 11) is 0. The molecule has 0 bridgehead atoms. The number of hydrogen-bond acceptors (Lipinski definition) is 3. The Hall–Kier alpha value is -1.26. The van der Waals surface area contributed by atoms with Gasteiger partial charge < -0.3 is 10.6 Å². The Kier molecular flexibility index (Phi) is 4.44. The zero-order valence-corrected chi connectivity index (χ0v) is 11.1. The maximum Gasteiger partial charge on any atom is 0.0651 e. The maximum absolute atomic E-state index is 4.03. The maximum atomic E-state index is 4.03. The molecule has 18 heavy (non-hydrogen) atoms.